The van der Waals surface area contributed by atoms with Crippen molar-refractivity contribution in [1.82, 2.24) is 0 Å². The zero-order valence-electron chi connectivity index (χ0n) is 10.7. The van der Waals surface area contributed by atoms with E-state index >= 15 is 0 Å². The number of hydrogen-bond donors (Lipinski definition) is 0. The number of halogens is 2. The molecule has 0 saturated carbocycles. The highest BCUT2D eigenvalue weighted by molar-refractivity contribution is 6.42. The van der Waals surface area contributed by atoms with Gasteiger partial charge in [0.1, 0.15) is 18.1 Å². The molecular weight excluding hydrogens is 299 g/mol. The van der Waals surface area contributed by atoms with Gasteiger partial charge in [0.05, 0.1) is 22.7 Å². The molecule has 20 heavy (non-hydrogen) atoms. The van der Waals surface area contributed by atoms with E-state index in [1.165, 1.54) is 0 Å². The zero-order valence-corrected chi connectivity index (χ0v) is 12.2. The van der Waals surface area contributed by atoms with E-state index in [0.717, 1.165) is 11.8 Å². The summed E-state index contributed by atoms with van der Waals surface area (Å²) < 4.78 is 10.7. The van der Waals surface area contributed by atoms with Crippen LogP contribution in [0.3, 0.4) is 0 Å². The molecule has 0 heterocycles. The molecule has 0 fully saturated rings. The Bertz CT molecular complexity index is 627. The first-order chi connectivity index (χ1) is 9.65. The number of carbonyl (C=O) groups excluding carboxylic acids is 1. The van der Waals surface area contributed by atoms with E-state index in [-0.39, 0.29) is 6.61 Å². The van der Waals surface area contributed by atoms with E-state index in [0.29, 0.717) is 27.1 Å². The lowest BCUT2D eigenvalue weighted by molar-refractivity contribution is 0.111. The highest BCUT2D eigenvalue weighted by Gasteiger charge is 2.08. The Labute approximate surface area is 127 Å². The monoisotopic (exact) mass is 310 g/mol. The normalized spacial score (nSPS) is 10.2. The van der Waals surface area contributed by atoms with Crippen LogP contribution >= 0.6 is 23.2 Å². The molecule has 0 aromatic heterocycles. The summed E-state index contributed by atoms with van der Waals surface area (Å²) >= 11 is 12.0. The maximum absolute atomic E-state index is 11.0. The van der Waals surface area contributed by atoms with Crippen molar-refractivity contribution in [2.45, 2.75) is 6.61 Å². The molecule has 3 nitrogen and oxygen atoms in total. The smallest absolute Gasteiger partial charge is 0.153 e. The lowest BCUT2D eigenvalue weighted by Crippen LogP contribution is -1.99. The van der Waals surface area contributed by atoms with Crippen LogP contribution in [0.2, 0.25) is 10.0 Å². The summed E-state index contributed by atoms with van der Waals surface area (Å²) in [6.45, 7) is 0.216. The summed E-state index contributed by atoms with van der Waals surface area (Å²) in [7, 11) is 1.55. The average molecular weight is 311 g/mol. The van der Waals surface area contributed by atoms with Crippen LogP contribution in [-0.2, 0) is 6.61 Å². The van der Waals surface area contributed by atoms with Gasteiger partial charge in [0.15, 0.2) is 6.29 Å². The number of benzene rings is 2. The van der Waals surface area contributed by atoms with Crippen molar-refractivity contribution >= 4 is 29.5 Å². The average Bonchev–Trinajstić information content (AvgIpc) is 2.48. The number of methoxy groups -OCH3 is 1. The van der Waals surface area contributed by atoms with E-state index < -0.39 is 0 Å². The lowest BCUT2D eigenvalue weighted by Gasteiger charge is -2.11. The van der Waals surface area contributed by atoms with Crippen LogP contribution in [0, 0.1) is 0 Å². The summed E-state index contributed by atoms with van der Waals surface area (Å²) in [5, 5.41) is 0.915. The van der Waals surface area contributed by atoms with Gasteiger partial charge < -0.3 is 9.47 Å². The van der Waals surface area contributed by atoms with E-state index in [1.807, 2.05) is 6.07 Å². The largest absolute Gasteiger partial charge is 0.497 e. The maximum atomic E-state index is 11.0. The fourth-order valence-electron chi connectivity index (χ4n) is 1.68. The molecule has 0 aliphatic heterocycles. The second-order valence-corrected chi connectivity index (χ2v) is 4.81. The quantitative estimate of drug-likeness (QED) is 0.768. The van der Waals surface area contributed by atoms with Crippen molar-refractivity contribution in [3.8, 4) is 11.5 Å². The van der Waals surface area contributed by atoms with Crippen LogP contribution in [0.5, 0.6) is 11.5 Å². The molecule has 0 atom stereocenters. The van der Waals surface area contributed by atoms with Gasteiger partial charge in [0.25, 0.3) is 0 Å². The Morgan fingerprint density at radius 2 is 2.00 bits per heavy atom. The molecule has 2 aromatic carbocycles. The van der Waals surface area contributed by atoms with Gasteiger partial charge in [-0.15, -0.1) is 0 Å². The first-order valence-corrected chi connectivity index (χ1v) is 6.60. The Kier molecular flexibility index (Phi) is 4.88. The minimum Gasteiger partial charge on any atom is -0.497 e. The third-order valence-corrected chi connectivity index (χ3v) is 3.62. The zero-order chi connectivity index (χ0) is 14.5. The van der Waals surface area contributed by atoms with Crippen molar-refractivity contribution in [2.75, 3.05) is 7.11 Å². The summed E-state index contributed by atoms with van der Waals surface area (Å²) in [6, 6.07) is 10.3. The topological polar surface area (TPSA) is 35.5 Å². The van der Waals surface area contributed by atoms with Gasteiger partial charge in [-0.1, -0.05) is 35.3 Å². The lowest BCUT2D eigenvalue weighted by atomic mass is 10.2. The minimum absolute atomic E-state index is 0.216. The number of ether oxygens (including phenoxy) is 2. The Morgan fingerprint density at radius 3 is 2.70 bits per heavy atom. The fourth-order valence-corrected chi connectivity index (χ4v) is 2.05. The summed E-state index contributed by atoms with van der Waals surface area (Å²) in [5.74, 6) is 1.05. The predicted octanol–water partition coefficient (Wildman–Crippen LogP) is 4.39. The molecule has 0 amide bonds. The number of carbonyl (C=O) groups is 1. The van der Waals surface area contributed by atoms with Crippen molar-refractivity contribution in [3.05, 3.63) is 57.6 Å². The van der Waals surface area contributed by atoms with Gasteiger partial charge in [-0.2, -0.15) is 0 Å². The Morgan fingerprint density at radius 1 is 1.20 bits per heavy atom. The number of aldehydes is 1. The molecule has 0 aliphatic rings. The molecule has 0 N–H and O–H groups in total. The summed E-state index contributed by atoms with van der Waals surface area (Å²) in [4.78, 5) is 11.0. The molecule has 0 unspecified atom stereocenters. The van der Waals surface area contributed by atoms with Crippen molar-refractivity contribution in [3.63, 3.8) is 0 Å². The second kappa shape index (κ2) is 6.64. The molecule has 5 heteroatoms. The molecular formula is C15H12Cl2O3. The van der Waals surface area contributed by atoms with Crippen molar-refractivity contribution in [2.24, 2.45) is 0 Å². The van der Waals surface area contributed by atoms with Gasteiger partial charge in [0.2, 0.25) is 0 Å². The standard InChI is InChI=1S/C15H12Cl2O3/c1-19-12-6-5-10(8-18)14(7-12)20-9-11-3-2-4-13(16)15(11)17/h2-8H,9H2,1H3. The first-order valence-electron chi connectivity index (χ1n) is 5.84. The highest BCUT2D eigenvalue weighted by Crippen LogP contribution is 2.28. The van der Waals surface area contributed by atoms with Crippen LogP contribution in [0.4, 0.5) is 0 Å². The molecule has 0 radical (unpaired) electrons. The maximum Gasteiger partial charge on any atom is 0.153 e. The van der Waals surface area contributed by atoms with E-state index in [1.54, 1.807) is 37.4 Å². The fraction of sp³-hybridized carbons (Fsp3) is 0.133. The highest BCUT2D eigenvalue weighted by atomic mass is 35.5. The molecule has 0 saturated heterocycles. The number of rotatable bonds is 5. The van der Waals surface area contributed by atoms with Crippen LogP contribution in [-0.4, -0.2) is 13.4 Å². The Hall–Kier alpha value is -1.71. The summed E-state index contributed by atoms with van der Waals surface area (Å²) in [6.07, 6.45) is 0.731. The van der Waals surface area contributed by atoms with Gasteiger partial charge in [-0.3, -0.25) is 4.79 Å². The SMILES string of the molecule is COc1ccc(C=O)c(OCc2cccc(Cl)c2Cl)c1. The van der Waals surface area contributed by atoms with Crippen molar-refractivity contribution < 1.29 is 14.3 Å². The van der Waals surface area contributed by atoms with Crippen LogP contribution < -0.4 is 9.47 Å². The van der Waals surface area contributed by atoms with Gasteiger partial charge in [-0.05, 0) is 18.2 Å². The van der Waals surface area contributed by atoms with E-state index in [2.05, 4.69) is 0 Å². The molecule has 0 spiro atoms. The van der Waals surface area contributed by atoms with Crippen LogP contribution in [0.15, 0.2) is 36.4 Å². The Balaban J connectivity index is 2.21. The molecule has 0 bridgehead atoms. The number of hydrogen-bond acceptors (Lipinski definition) is 3. The van der Waals surface area contributed by atoms with Crippen LogP contribution in [0.25, 0.3) is 0 Å². The van der Waals surface area contributed by atoms with Gasteiger partial charge in [-0.25, -0.2) is 0 Å². The molecule has 0 aliphatic carbocycles. The first kappa shape index (κ1) is 14.7. The second-order valence-electron chi connectivity index (χ2n) is 4.02. The van der Waals surface area contributed by atoms with Gasteiger partial charge >= 0.3 is 0 Å². The molecule has 2 aromatic rings. The third kappa shape index (κ3) is 3.24. The van der Waals surface area contributed by atoms with E-state index in [9.17, 15) is 4.79 Å². The third-order valence-electron chi connectivity index (χ3n) is 2.76. The minimum atomic E-state index is 0.216. The van der Waals surface area contributed by atoms with Crippen molar-refractivity contribution in [1.29, 1.82) is 0 Å². The van der Waals surface area contributed by atoms with Crippen LogP contribution in [0.1, 0.15) is 15.9 Å². The summed E-state index contributed by atoms with van der Waals surface area (Å²) in [5.41, 5.74) is 1.20. The van der Waals surface area contributed by atoms with Gasteiger partial charge in [0, 0.05) is 11.6 Å². The molecule has 104 valence electrons. The molecule has 2 rings (SSSR count). The van der Waals surface area contributed by atoms with E-state index in [4.69, 9.17) is 32.7 Å². The predicted molar refractivity (Wildman–Crippen MR) is 79.2 cm³/mol.